The molecule has 2 aliphatic rings. The van der Waals surface area contributed by atoms with Gasteiger partial charge in [0, 0.05) is 17.4 Å². The first-order valence-corrected chi connectivity index (χ1v) is 14.2. The van der Waals surface area contributed by atoms with E-state index in [1.54, 1.807) is 13.0 Å². The van der Waals surface area contributed by atoms with Gasteiger partial charge in [-0.2, -0.15) is 0 Å². The van der Waals surface area contributed by atoms with E-state index >= 15 is 0 Å². The number of aryl methyl sites for hydroxylation is 1. The monoisotopic (exact) mass is 534 g/mol. The molecule has 2 fully saturated rings. The van der Waals surface area contributed by atoms with Crippen LogP contribution in [0.1, 0.15) is 73.1 Å². The molecule has 5 rings (SSSR count). The molecule has 2 amide bonds. The number of aromatic amines is 1. The molecular weight excluding hydrogens is 495 g/mol. The lowest BCUT2D eigenvalue weighted by Crippen LogP contribution is -2.47. The SMILES string of the molecule is Cc1c(C(=O)N[C@@H](CCC2CC2)C(=O)NC(C)c2ccc(OCCN3CCCC3)cc2)[nH]c2ccc(F)cc12. The molecule has 2 atom stereocenters. The highest BCUT2D eigenvalue weighted by Gasteiger charge is 2.28. The first kappa shape index (κ1) is 27.2. The maximum absolute atomic E-state index is 13.7. The van der Waals surface area contributed by atoms with Crippen molar-refractivity contribution in [1.82, 2.24) is 20.5 Å². The maximum atomic E-state index is 13.7. The van der Waals surface area contributed by atoms with Crippen molar-refractivity contribution in [3.63, 3.8) is 0 Å². The van der Waals surface area contributed by atoms with Crippen LogP contribution in [0.25, 0.3) is 10.9 Å². The fraction of sp³-hybridized carbons (Fsp3) is 0.484. The van der Waals surface area contributed by atoms with Crippen LogP contribution in [-0.4, -0.2) is 54.0 Å². The molecule has 0 spiro atoms. The molecule has 1 saturated carbocycles. The predicted octanol–water partition coefficient (Wildman–Crippen LogP) is 5.26. The van der Waals surface area contributed by atoms with E-state index in [0.29, 0.717) is 41.1 Å². The number of hydrogen-bond acceptors (Lipinski definition) is 4. The number of nitrogens with one attached hydrogen (secondary N) is 3. The Labute approximate surface area is 229 Å². The Bertz CT molecular complexity index is 1300. The lowest BCUT2D eigenvalue weighted by atomic mass is 10.0. The van der Waals surface area contributed by atoms with Crippen molar-refractivity contribution in [2.24, 2.45) is 5.92 Å². The van der Waals surface area contributed by atoms with Crippen LogP contribution in [0.2, 0.25) is 0 Å². The molecule has 1 aliphatic heterocycles. The van der Waals surface area contributed by atoms with E-state index in [1.165, 1.54) is 37.8 Å². The number of rotatable bonds is 12. The first-order chi connectivity index (χ1) is 18.9. The third-order valence-electron chi connectivity index (χ3n) is 8.04. The summed E-state index contributed by atoms with van der Waals surface area (Å²) >= 11 is 0. The van der Waals surface area contributed by atoms with Crippen molar-refractivity contribution in [2.45, 2.75) is 64.5 Å². The Morgan fingerprint density at radius 1 is 1.10 bits per heavy atom. The van der Waals surface area contributed by atoms with Gasteiger partial charge in [-0.05, 0) is 100.0 Å². The minimum absolute atomic E-state index is 0.206. The van der Waals surface area contributed by atoms with Crippen molar-refractivity contribution in [1.29, 1.82) is 0 Å². The van der Waals surface area contributed by atoms with Gasteiger partial charge in [0.05, 0.1) is 6.04 Å². The van der Waals surface area contributed by atoms with Crippen LogP contribution in [0, 0.1) is 18.7 Å². The average molecular weight is 535 g/mol. The van der Waals surface area contributed by atoms with E-state index in [9.17, 15) is 14.0 Å². The third kappa shape index (κ3) is 6.98. The molecule has 2 aromatic carbocycles. The van der Waals surface area contributed by atoms with E-state index in [-0.39, 0.29) is 23.7 Å². The van der Waals surface area contributed by atoms with E-state index < -0.39 is 6.04 Å². The Kier molecular flexibility index (Phi) is 8.50. The highest BCUT2D eigenvalue weighted by atomic mass is 19.1. The highest BCUT2D eigenvalue weighted by Crippen LogP contribution is 2.34. The molecule has 208 valence electrons. The molecule has 1 aromatic heterocycles. The fourth-order valence-electron chi connectivity index (χ4n) is 5.38. The topological polar surface area (TPSA) is 86.5 Å². The van der Waals surface area contributed by atoms with Crippen molar-refractivity contribution < 1.29 is 18.7 Å². The number of fused-ring (bicyclic) bond motifs is 1. The summed E-state index contributed by atoms with van der Waals surface area (Å²) in [7, 11) is 0. The number of amides is 2. The number of H-pyrrole nitrogens is 1. The summed E-state index contributed by atoms with van der Waals surface area (Å²) in [4.78, 5) is 32.1. The summed E-state index contributed by atoms with van der Waals surface area (Å²) in [5.41, 5.74) is 2.68. The normalized spacial score (nSPS) is 17.2. The van der Waals surface area contributed by atoms with Crippen molar-refractivity contribution >= 4 is 22.7 Å². The number of likely N-dealkylation sites (tertiary alicyclic amines) is 1. The van der Waals surface area contributed by atoms with Gasteiger partial charge in [0.2, 0.25) is 5.91 Å². The minimum atomic E-state index is -0.656. The molecule has 0 radical (unpaired) electrons. The number of hydrogen-bond donors (Lipinski definition) is 3. The van der Waals surface area contributed by atoms with E-state index in [0.717, 1.165) is 37.4 Å². The maximum Gasteiger partial charge on any atom is 0.268 e. The number of ether oxygens (including phenoxy) is 1. The van der Waals surface area contributed by atoms with Gasteiger partial charge in [-0.15, -0.1) is 0 Å². The molecule has 1 unspecified atom stereocenters. The molecule has 1 saturated heterocycles. The zero-order valence-electron chi connectivity index (χ0n) is 22.9. The smallest absolute Gasteiger partial charge is 0.268 e. The van der Waals surface area contributed by atoms with E-state index in [2.05, 4.69) is 20.5 Å². The van der Waals surface area contributed by atoms with Gasteiger partial charge in [-0.1, -0.05) is 25.0 Å². The van der Waals surface area contributed by atoms with E-state index in [1.807, 2.05) is 31.2 Å². The molecule has 1 aliphatic carbocycles. The molecule has 3 aromatic rings. The Morgan fingerprint density at radius 3 is 2.56 bits per heavy atom. The van der Waals surface area contributed by atoms with Crippen LogP contribution in [0.5, 0.6) is 5.75 Å². The summed E-state index contributed by atoms with van der Waals surface area (Å²) in [6.45, 7) is 7.65. The minimum Gasteiger partial charge on any atom is -0.492 e. The Morgan fingerprint density at radius 2 is 1.85 bits per heavy atom. The van der Waals surface area contributed by atoms with Crippen molar-refractivity contribution in [3.8, 4) is 5.75 Å². The van der Waals surface area contributed by atoms with Gasteiger partial charge in [0.15, 0.2) is 0 Å². The van der Waals surface area contributed by atoms with Crippen LogP contribution in [0.4, 0.5) is 4.39 Å². The summed E-state index contributed by atoms with van der Waals surface area (Å²) < 4.78 is 19.7. The standard InChI is InChI=1S/C31H39FN4O3/c1-20-26-19-24(32)10-14-27(26)34-29(20)31(38)35-28(13-7-22-5-6-22)30(37)33-21(2)23-8-11-25(12-9-23)39-18-17-36-15-3-4-16-36/h8-12,14,19,21-22,28,34H,3-7,13,15-18H2,1-2H3,(H,33,37)(H,35,38)/t21?,28-/m0/s1. The largest absolute Gasteiger partial charge is 0.492 e. The number of halogens is 1. The van der Waals surface area contributed by atoms with Gasteiger partial charge >= 0.3 is 0 Å². The molecular formula is C31H39FN4O3. The van der Waals surface area contributed by atoms with Crippen molar-refractivity contribution in [2.75, 3.05) is 26.2 Å². The summed E-state index contributed by atoms with van der Waals surface area (Å²) in [6, 6.07) is 11.3. The third-order valence-corrected chi connectivity index (χ3v) is 8.04. The fourth-order valence-corrected chi connectivity index (χ4v) is 5.38. The van der Waals surface area contributed by atoms with Gasteiger partial charge in [-0.3, -0.25) is 14.5 Å². The number of nitrogens with zero attached hydrogens (tertiary/aromatic N) is 1. The van der Waals surface area contributed by atoms with Gasteiger partial charge in [0.25, 0.3) is 5.91 Å². The predicted molar refractivity (Wildman–Crippen MR) is 150 cm³/mol. The highest BCUT2D eigenvalue weighted by molar-refractivity contribution is 6.02. The second-order valence-electron chi connectivity index (χ2n) is 11.1. The van der Waals surface area contributed by atoms with Gasteiger partial charge < -0.3 is 20.4 Å². The van der Waals surface area contributed by atoms with Gasteiger partial charge in [-0.25, -0.2) is 4.39 Å². The number of benzene rings is 2. The molecule has 3 N–H and O–H groups in total. The quantitative estimate of drug-likeness (QED) is 0.296. The summed E-state index contributed by atoms with van der Waals surface area (Å²) in [5, 5.41) is 6.69. The molecule has 8 heteroatoms. The van der Waals surface area contributed by atoms with Gasteiger partial charge in [0.1, 0.15) is 29.9 Å². The van der Waals surface area contributed by atoms with E-state index in [4.69, 9.17) is 4.74 Å². The lowest BCUT2D eigenvalue weighted by molar-refractivity contribution is -0.123. The number of aromatic nitrogens is 1. The van der Waals surface area contributed by atoms with Crippen molar-refractivity contribution in [3.05, 3.63) is 65.1 Å². The van der Waals surface area contributed by atoms with Crippen LogP contribution in [0.15, 0.2) is 42.5 Å². The summed E-state index contributed by atoms with van der Waals surface area (Å²) in [6.07, 6.45) is 6.37. The lowest BCUT2D eigenvalue weighted by Gasteiger charge is -2.22. The molecule has 0 bridgehead atoms. The summed E-state index contributed by atoms with van der Waals surface area (Å²) in [5.74, 6) is 0.532. The first-order valence-electron chi connectivity index (χ1n) is 14.2. The number of carbonyl (C=O) groups excluding carboxylic acids is 2. The second kappa shape index (κ2) is 12.2. The van der Waals surface area contributed by atoms with Crippen LogP contribution in [-0.2, 0) is 4.79 Å². The van der Waals surface area contributed by atoms with Crippen LogP contribution >= 0.6 is 0 Å². The average Bonchev–Trinajstić information content (AvgIpc) is 3.51. The zero-order chi connectivity index (χ0) is 27.4. The number of carbonyl (C=O) groups is 2. The molecule has 7 nitrogen and oxygen atoms in total. The molecule has 39 heavy (non-hydrogen) atoms. The Balaban J connectivity index is 1.19. The zero-order valence-corrected chi connectivity index (χ0v) is 22.9. The Hall–Kier alpha value is -3.39. The molecule has 2 heterocycles. The van der Waals surface area contributed by atoms with Crippen LogP contribution < -0.4 is 15.4 Å². The second-order valence-corrected chi connectivity index (χ2v) is 11.1. The van der Waals surface area contributed by atoms with Crippen LogP contribution in [0.3, 0.4) is 0 Å².